The van der Waals surface area contributed by atoms with E-state index in [2.05, 4.69) is 58.3 Å². The molecule has 0 N–H and O–H groups in total. The van der Waals surface area contributed by atoms with Crippen LogP contribution in [0.3, 0.4) is 0 Å². The van der Waals surface area contributed by atoms with E-state index in [4.69, 9.17) is 4.98 Å². The molecule has 3 heterocycles. The number of rotatable bonds is 5. The van der Waals surface area contributed by atoms with Crippen LogP contribution in [0.4, 0.5) is 11.4 Å². The summed E-state index contributed by atoms with van der Waals surface area (Å²) < 4.78 is 0. The van der Waals surface area contributed by atoms with Gasteiger partial charge in [0.05, 0.1) is 12.1 Å². The highest BCUT2D eigenvalue weighted by molar-refractivity contribution is 6.10. The van der Waals surface area contributed by atoms with Gasteiger partial charge in [0.25, 0.3) is 5.91 Å². The Balaban J connectivity index is 1.08. The third-order valence-corrected chi connectivity index (χ3v) is 7.32. The number of piperazine rings is 1. The van der Waals surface area contributed by atoms with Gasteiger partial charge in [-0.15, -0.1) is 0 Å². The molecule has 3 aromatic carbocycles. The van der Waals surface area contributed by atoms with E-state index in [1.54, 1.807) is 0 Å². The lowest BCUT2D eigenvalue weighted by atomic mass is 10.1. The lowest BCUT2D eigenvalue weighted by molar-refractivity contribution is 0.0996. The minimum absolute atomic E-state index is 0.104. The molecule has 5 nitrogen and oxygen atoms in total. The van der Waals surface area contributed by atoms with Gasteiger partial charge in [-0.2, -0.15) is 0 Å². The van der Waals surface area contributed by atoms with Crippen LogP contribution in [0.5, 0.6) is 0 Å². The number of pyridine rings is 1. The molecule has 2 aliphatic heterocycles. The first-order valence-corrected chi connectivity index (χ1v) is 12.5. The summed E-state index contributed by atoms with van der Waals surface area (Å²) in [4.78, 5) is 24.5. The summed E-state index contributed by atoms with van der Waals surface area (Å²) in [5, 5.41) is 1.24. The summed E-state index contributed by atoms with van der Waals surface area (Å²) in [6, 6.07) is 27.2. The molecule has 176 valence electrons. The highest BCUT2D eigenvalue weighted by Gasteiger charge is 2.28. The van der Waals surface area contributed by atoms with Crippen molar-refractivity contribution in [2.45, 2.75) is 19.9 Å². The molecule has 0 spiro atoms. The zero-order valence-electron chi connectivity index (χ0n) is 20.2. The van der Waals surface area contributed by atoms with Crippen molar-refractivity contribution in [1.82, 2.24) is 9.88 Å². The molecule has 5 heteroatoms. The van der Waals surface area contributed by atoms with Crippen molar-refractivity contribution in [3.8, 4) is 0 Å². The number of aromatic nitrogens is 1. The molecule has 4 aromatic rings. The van der Waals surface area contributed by atoms with Gasteiger partial charge < -0.3 is 9.80 Å². The van der Waals surface area contributed by atoms with E-state index in [1.165, 1.54) is 16.6 Å². The molecule has 35 heavy (non-hydrogen) atoms. The average molecular weight is 463 g/mol. The maximum absolute atomic E-state index is 12.9. The second-order valence-corrected chi connectivity index (χ2v) is 9.59. The fourth-order valence-corrected chi connectivity index (χ4v) is 5.36. The van der Waals surface area contributed by atoms with Gasteiger partial charge in [-0.05, 0) is 66.9 Å². The van der Waals surface area contributed by atoms with Crippen LogP contribution in [0, 0.1) is 6.92 Å². The van der Waals surface area contributed by atoms with Gasteiger partial charge in [-0.3, -0.25) is 14.7 Å². The Morgan fingerprint density at radius 3 is 2.54 bits per heavy atom. The molecule has 0 radical (unpaired) electrons. The van der Waals surface area contributed by atoms with Crippen LogP contribution >= 0.6 is 0 Å². The van der Waals surface area contributed by atoms with E-state index < -0.39 is 0 Å². The molecule has 1 amide bonds. The average Bonchev–Trinajstić information content (AvgIpc) is 3.24. The van der Waals surface area contributed by atoms with Gasteiger partial charge in [-0.1, -0.05) is 36.4 Å². The first kappa shape index (κ1) is 21.8. The first-order valence-electron chi connectivity index (χ1n) is 12.5. The minimum Gasteiger partial charge on any atom is -0.368 e. The van der Waals surface area contributed by atoms with Gasteiger partial charge in [0.1, 0.15) is 0 Å². The standard InChI is InChI=1S/C30H30N4O/c1-22-12-13-27-28(31-22)10-5-11-29(27)33-18-16-32(17-19-33)15-14-23-6-4-8-25(20-23)34-21-24-7-2-3-9-26(24)30(34)35/h2-13,20H,14-19,21H2,1H3. The van der Waals surface area contributed by atoms with Gasteiger partial charge in [-0.25, -0.2) is 0 Å². The van der Waals surface area contributed by atoms with Gasteiger partial charge in [0, 0.05) is 60.7 Å². The zero-order valence-corrected chi connectivity index (χ0v) is 20.2. The third kappa shape index (κ3) is 4.28. The third-order valence-electron chi connectivity index (χ3n) is 7.32. The van der Waals surface area contributed by atoms with Crippen molar-refractivity contribution in [2.75, 3.05) is 42.5 Å². The maximum Gasteiger partial charge on any atom is 0.258 e. The summed E-state index contributed by atoms with van der Waals surface area (Å²) in [7, 11) is 0. The number of benzene rings is 3. The van der Waals surface area contributed by atoms with E-state index in [1.807, 2.05) is 42.2 Å². The Morgan fingerprint density at radius 2 is 1.69 bits per heavy atom. The van der Waals surface area contributed by atoms with Crippen LogP contribution in [-0.2, 0) is 13.0 Å². The number of aryl methyl sites for hydroxylation is 1. The van der Waals surface area contributed by atoms with Crippen LogP contribution in [0.2, 0.25) is 0 Å². The summed E-state index contributed by atoms with van der Waals surface area (Å²) >= 11 is 0. The summed E-state index contributed by atoms with van der Waals surface area (Å²) in [6.07, 6.45) is 0.986. The normalized spacial score (nSPS) is 16.2. The predicted octanol–water partition coefficient (Wildman–Crippen LogP) is 5.07. The SMILES string of the molecule is Cc1ccc2c(N3CCN(CCc4cccc(N5Cc6ccccc6C5=O)c4)CC3)cccc2n1. The van der Waals surface area contributed by atoms with Crippen molar-refractivity contribution >= 4 is 28.2 Å². The minimum atomic E-state index is 0.104. The Labute approximate surface area is 206 Å². The number of amides is 1. The smallest absolute Gasteiger partial charge is 0.258 e. The van der Waals surface area contributed by atoms with Crippen molar-refractivity contribution < 1.29 is 4.79 Å². The van der Waals surface area contributed by atoms with E-state index in [0.717, 1.165) is 67.2 Å². The zero-order chi connectivity index (χ0) is 23.8. The highest BCUT2D eigenvalue weighted by Crippen LogP contribution is 2.29. The van der Waals surface area contributed by atoms with E-state index in [9.17, 15) is 4.79 Å². The molecular weight excluding hydrogens is 432 g/mol. The monoisotopic (exact) mass is 462 g/mol. The molecule has 1 saturated heterocycles. The van der Waals surface area contributed by atoms with Crippen LogP contribution in [0.25, 0.3) is 10.9 Å². The van der Waals surface area contributed by atoms with Gasteiger partial charge in [0.15, 0.2) is 0 Å². The lowest BCUT2D eigenvalue weighted by Gasteiger charge is -2.36. The van der Waals surface area contributed by atoms with Crippen molar-refractivity contribution in [1.29, 1.82) is 0 Å². The largest absolute Gasteiger partial charge is 0.368 e. The first-order chi connectivity index (χ1) is 17.2. The Kier molecular flexibility index (Phi) is 5.71. The molecule has 0 saturated carbocycles. The highest BCUT2D eigenvalue weighted by atomic mass is 16.2. The molecule has 6 rings (SSSR count). The second kappa shape index (κ2) is 9.16. The van der Waals surface area contributed by atoms with Gasteiger partial charge >= 0.3 is 0 Å². The Hall–Kier alpha value is -3.70. The summed E-state index contributed by atoms with van der Waals surface area (Å²) in [5.41, 5.74) is 7.63. The van der Waals surface area contributed by atoms with Crippen LogP contribution in [0.15, 0.2) is 78.9 Å². The summed E-state index contributed by atoms with van der Waals surface area (Å²) in [5.74, 6) is 0.104. The number of nitrogens with zero attached hydrogens (tertiary/aromatic N) is 4. The molecule has 1 fully saturated rings. The molecular formula is C30H30N4O. The Morgan fingerprint density at radius 1 is 0.857 bits per heavy atom. The number of hydrogen-bond donors (Lipinski definition) is 0. The van der Waals surface area contributed by atoms with E-state index >= 15 is 0 Å². The molecule has 2 aliphatic rings. The van der Waals surface area contributed by atoms with Crippen LogP contribution < -0.4 is 9.80 Å². The maximum atomic E-state index is 12.9. The fraction of sp³-hybridized carbons (Fsp3) is 0.267. The number of fused-ring (bicyclic) bond motifs is 2. The van der Waals surface area contributed by atoms with Crippen LogP contribution in [0.1, 0.15) is 27.2 Å². The molecule has 0 unspecified atom stereocenters. The van der Waals surface area contributed by atoms with Crippen molar-refractivity contribution in [3.63, 3.8) is 0 Å². The fourth-order valence-electron chi connectivity index (χ4n) is 5.36. The van der Waals surface area contributed by atoms with E-state index in [0.29, 0.717) is 6.54 Å². The van der Waals surface area contributed by atoms with Crippen LogP contribution in [-0.4, -0.2) is 48.5 Å². The molecule has 0 aliphatic carbocycles. The quantitative estimate of drug-likeness (QED) is 0.415. The molecule has 1 aromatic heterocycles. The Bertz CT molecular complexity index is 1390. The van der Waals surface area contributed by atoms with Crippen molar-refractivity contribution in [3.05, 3.63) is 101 Å². The topological polar surface area (TPSA) is 39.7 Å². The second-order valence-electron chi connectivity index (χ2n) is 9.59. The number of carbonyl (C=O) groups is 1. The predicted molar refractivity (Wildman–Crippen MR) is 142 cm³/mol. The number of anilines is 2. The molecule has 0 bridgehead atoms. The number of hydrogen-bond acceptors (Lipinski definition) is 4. The summed E-state index contributed by atoms with van der Waals surface area (Å²) in [6.45, 7) is 7.87. The van der Waals surface area contributed by atoms with E-state index in [-0.39, 0.29) is 5.91 Å². The lowest BCUT2D eigenvalue weighted by Crippen LogP contribution is -2.47. The molecule has 0 atom stereocenters. The van der Waals surface area contributed by atoms with Crippen molar-refractivity contribution in [2.24, 2.45) is 0 Å². The number of carbonyl (C=O) groups excluding carboxylic acids is 1. The van der Waals surface area contributed by atoms with Gasteiger partial charge in [0.2, 0.25) is 0 Å².